The van der Waals surface area contributed by atoms with Crippen molar-refractivity contribution < 1.29 is 14.7 Å². The monoisotopic (exact) mass is 255 g/mol. The van der Waals surface area contributed by atoms with Crippen LogP contribution < -0.4 is 5.32 Å². The Labute approximate surface area is 102 Å². The van der Waals surface area contributed by atoms with Gasteiger partial charge in [-0.15, -0.1) is 0 Å². The van der Waals surface area contributed by atoms with Crippen molar-refractivity contribution in [2.24, 2.45) is 5.92 Å². The molecule has 1 aliphatic rings. The van der Waals surface area contributed by atoms with Crippen LogP contribution in [-0.4, -0.2) is 33.0 Å². The number of aromatic nitrogens is 2. The summed E-state index contributed by atoms with van der Waals surface area (Å²) in [7, 11) is 0. The highest BCUT2D eigenvalue weighted by Crippen LogP contribution is 2.32. The first-order valence-electron chi connectivity index (χ1n) is 5.09. The van der Waals surface area contributed by atoms with E-state index in [0.29, 0.717) is 0 Å². The van der Waals surface area contributed by atoms with Crippen LogP contribution >= 0.6 is 11.6 Å². The number of carboxylic acid groups (broad SMARTS) is 1. The Bertz CT molecular complexity index is 462. The van der Waals surface area contributed by atoms with Crippen molar-refractivity contribution in [2.45, 2.75) is 18.9 Å². The van der Waals surface area contributed by atoms with Gasteiger partial charge >= 0.3 is 5.97 Å². The number of carbonyl (C=O) groups is 2. The van der Waals surface area contributed by atoms with E-state index in [1.54, 1.807) is 0 Å². The minimum atomic E-state index is -1.03. The van der Waals surface area contributed by atoms with Gasteiger partial charge in [0, 0.05) is 0 Å². The molecule has 0 radical (unpaired) electrons. The lowest BCUT2D eigenvalue weighted by molar-refractivity contribution is -0.139. The number of aliphatic carboxylic acids is 1. The van der Waals surface area contributed by atoms with Gasteiger partial charge in [0.1, 0.15) is 16.9 Å². The van der Waals surface area contributed by atoms with E-state index in [4.69, 9.17) is 16.7 Å². The van der Waals surface area contributed by atoms with E-state index in [0.717, 1.165) is 12.8 Å². The molecular formula is C10H10ClN3O3. The molecule has 0 spiro atoms. The maximum absolute atomic E-state index is 11.7. The minimum Gasteiger partial charge on any atom is -0.480 e. The van der Waals surface area contributed by atoms with Gasteiger partial charge in [0.05, 0.1) is 12.4 Å². The highest BCUT2D eigenvalue weighted by atomic mass is 35.5. The lowest BCUT2D eigenvalue weighted by Gasteiger charge is -2.12. The molecule has 2 N–H and O–H groups in total. The van der Waals surface area contributed by atoms with Crippen LogP contribution in [0.4, 0.5) is 0 Å². The zero-order chi connectivity index (χ0) is 12.4. The Morgan fingerprint density at radius 2 is 2.18 bits per heavy atom. The number of hydrogen-bond donors (Lipinski definition) is 2. The summed E-state index contributed by atoms with van der Waals surface area (Å²) in [4.78, 5) is 30.1. The van der Waals surface area contributed by atoms with E-state index in [1.807, 2.05) is 0 Å². The third-order valence-corrected chi connectivity index (χ3v) is 2.67. The summed E-state index contributed by atoms with van der Waals surface area (Å²) >= 11 is 5.59. The zero-order valence-electron chi connectivity index (χ0n) is 8.76. The molecule has 1 heterocycles. The Hall–Kier alpha value is -1.69. The summed E-state index contributed by atoms with van der Waals surface area (Å²) in [6.45, 7) is 0. The molecule has 1 aliphatic carbocycles. The first-order chi connectivity index (χ1) is 8.08. The van der Waals surface area contributed by atoms with E-state index in [1.165, 1.54) is 12.4 Å². The van der Waals surface area contributed by atoms with Crippen molar-refractivity contribution in [3.63, 3.8) is 0 Å². The largest absolute Gasteiger partial charge is 0.480 e. The SMILES string of the molecule is O=C(NC(C(=O)O)C1CC1)c1cncc(Cl)n1. The summed E-state index contributed by atoms with van der Waals surface area (Å²) in [6, 6.07) is -0.858. The van der Waals surface area contributed by atoms with Gasteiger partial charge in [-0.1, -0.05) is 11.6 Å². The molecule has 0 bridgehead atoms. The van der Waals surface area contributed by atoms with Crippen LogP contribution in [0.3, 0.4) is 0 Å². The van der Waals surface area contributed by atoms with E-state index in [-0.39, 0.29) is 16.8 Å². The van der Waals surface area contributed by atoms with Gasteiger partial charge in [-0.25, -0.2) is 9.78 Å². The number of halogens is 1. The van der Waals surface area contributed by atoms with Crippen LogP contribution in [0.15, 0.2) is 12.4 Å². The van der Waals surface area contributed by atoms with Gasteiger partial charge in [-0.3, -0.25) is 9.78 Å². The highest BCUT2D eigenvalue weighted by molar-refractivity contribution is 6.29. The Morgan fingerprint density at radius 1 is 1.47 bits per heavy atom. The number of amides is 1. The van der Waals surface area contributed by atoms with Gasteiger partial charge in [-0.05, 0) is 18.8 Å². The zero-order valence-corrected chi connectivity index (χ0v) is 9.52. The van der Waals surface area contributed by atoms with Crippen molar-refractivity contribution >= 4 is 23.5 Å². The molecule has 17 heavy (non-hydrogen) atoms. The Kier molecular flexibility index (Phi) is 3.23. The average Bonchev–Trinajstić information content (AvgIpc) is 3.09. The van der Waals surface area contributed by atoms with Crippen LogP contribution in [0.5, 0.6) is 0 Å². The molecule has 1 saturated carbocycles. The summed E-state index contributed by atoms with van der Waals surface area (Å²) < 4.78 is 0. The number of nitrogens with zero attached hydrogens (tertiary/aromatic N) is 2. The van der Waals surface area contributed by atoms with E-state index >= 15 is 0 Å². The average molecular weight is 256 g/mol. The molecule has 0 aliphatic heterocycles. The lowest BCUT2D eigenvalue weighted by atomic mass is 10.2. The van der Waals surface area contributed by atoms with Crippen LogP contribution in [0.1, 0.15) is 23.3 Å². The second-order valence-corrected chi connectivity index (χ2v) is 4.24. The fourth-order valence-electron chi connectivity index (χ4n) is 1.48. The third kappa shape index (κ3) is 2.91. The summed E-state index contributed by atoms with van der Waals surface area (Å²) in [6.07, 6.45) is 4.18. The van der Waals surface area contributed by atoms with Gasteiger partial charge < -0.3 is 10.4 Å². The molecule has 1 aromatic heterocycles. The number of carbonyl (C=O) groups excluding carboxylic acids is 1. The molecule has 0 aromatic carbocycles. The predicted molar refractivity (Wildman–Crippen MR) is 58.7 cm³/mol. The van der Waals surface area contributed by atoms with Crippen molar-refractivity contribution in [2.75, 3.05) is 0 Å². The smallest absolute Gasteiger partial charge is 0.326 e. The highest BCUT2D eigenvalue weighted by Gasteiger charge is 2.37. The topological polar surface area (TPSA) is 92.2 Å². The standard InChI is InChI=1S/C10H10ClN3O3/c11-7-4-12-3-6(13-7)9(15)14-8(10(16)17)5-1-2-5/h3-5,8H,1-2H2,(H,14,15)(H,16,17). The van der Waals surface area contributed by atoms with Crippen molar-refractivity contribution in [1.29, 1.82) is 0 Å². The molecule has 1 unspecified atom stereocenters. The van der Waals surface area contributed by atoms with E-state index in [2.05, 4.69) is 15.3 Å². The summed E-state index contributed by atoms with van der Waals surface area (Å²) in [5.74, 6) is -1.58. The molecule has 6 nitrogen and oxygen atoms in total. The van der Waals surface area contributed by atoms with Crippen molar-refractivity contribution in [3.8, 4) is 0 Å². The number of rotatable bonds is 4. The third-order valence-electron chi connectivity index (χ3n) is 2.48. The first kappa shape index (κ1) is 11.8. The summed E-state index contributed by atoms with van der Waals surface area (Å²) in [5, 5.41) is 11.5. The van der Waals surface area contributed by atoms with Crippen LogP contribution in [0, 0.1) is 5.92 Å². The molecule has 90 valence electrons. The first-order valence-corrected chi connectivity index (χ1v) is 5.47. The molecule has 1 atom stereocenters. The van der Waals surface area contributed by atoms with Gasteiger partial charge in [0.15, 0.2) is 0 Å². The maximum Gasteiger partial charge on any atom is 0.326 e. The molecule has 7 heteroatoms. The second-order valence-electron chi connectivity index (χ2n) is 3.85. The van der Waals surface area contributed by atoms with Crippen LogP contribution in [0.25, 0.3) is 0 Å². The molecule has 1 fully saturated rings. The van der Waals surface area contributed by atoms with E-state index < -0.39 is 17.9 Å². The van der Waals surface area contributed by atoms with Crippen molar-refractivity contribution in [3.05, 3.63) is 23.2 Å². The Balaban J connectivity index is 2.07. The maximum atomic E-state index is 11.7. The van der Waals surface area contributed by atoms with Gasteiger partial charge in [0.2, 0.25) is 0 Å². The van der Waals surface area contributed by atoms with Crippen LogP contribution in [0.2, 0.25) is 5.15 Å². The fraction of sp³-hybridized carbons (Fsp3) is 0.400. The van der Waals surface area contributed by atoms with Gasteiger partial charge in [0.25, 0.3) is 5.91 Å². The fourth-order valence-corrected chi connectivity index (χ4v) is 1.62. The number of carboxylic acids is 1. The molecule has 1 aromatic rings. The Morgan fingerprint density at radius 3 is 2.71 bits per heavy atom. The predicted octanol–water partition coefficient (Wildman–Crippen LogP) is 0.723. The second kappa shape index (κ2) is 4.67. The van der Waals surface area contributed by atoms with Crippen LogP contribution in [-0.2, 0) is 4.79 Å². The normalized spacial score (nSPS) is 16.3. The summed E-state index contributed by atoms with van der Waals surface area (Å²) in [5.41, 5.74) is 0.0180. The molecule has 1 amide bonds. The quantitative estimate of drug-likeness (QED) is 0.827. The number of hydrogen-bond acceptors (Lipinski definition) is 4. The van der Waals surface area contributed by atoms with E-state index in [9.17, 15) is 9.59 Å². The molecular weight excluding hydrogens is 246 g/mol. The lowest BCUT2D eigenvalue weighted by Crippen LogP contribution is -2.42. The molecule has 0 saturated heterocycles. The number of nitrogens with one attached hydrogen (secondary N) is 1. The molecule has 2 rings (SSSR count). The minimum absolute atomic E-state index is 0.0172. The van der Waals surface area contributed by atoms with Crippen molar-refractivity contribution in [1.82, 2.24) is 15.3 Å². The van der Waals surface area contributed by atoms with Gasteiger partial charge in [-0.2, -0.15) is 0 Å².